The number of carbonyl (C=O) groups excluding carboxylic acids is 2. The Morgan fingerprint density at radius 2 is 2.04 bits per heavy atom. The maximum absolute atomic E-state index is 12.6. The molecule has 25 heavy (non-hydrogen) atoms. The van der Waals surface area contributed by atoms with Gasteiger partial charge in [0.1, 0.15) is 18.9 Å². The second-order valence-electron chi connectivity index (χ2n) is 6.18. The first-order valence-corrected chi connectivity index (χ1v) is 8.11. The van der Waals surface area contributed by atoms with Crippen molar-refractivity contribution in [2.45, 2.75) is 26.4 Å². The molecule has 2 aromatic rings. The van der Waals surface area contributed by atoms with E-state index < -0.39 is 6.09 Å². The molecule has 0 bridgehead atoms. The molecule has 0 aliphatic carbocycles. The van der Waals surface area contributed by atoms with Gasteiger partial charge in [-0.2, -0.15) is 0 Å². The second-order valence-corrected chi connectivity index (χ2v) is 6.18. The van der Waals surface area contributed by atoms with Crippen LogP contribution < -0.4 is 0 Å². The summed E-state index contributed by atoms with van der Waals surface area (Å²) in [7, 11) is 1.70. The van der Waals surface area contributed by atoms with Gasteiger partial charge in [0.2, 0.25) is 5.91 Å². The van der Waals surface area contributed by atoms with Gasteiger partial charge in [-0.1, -0.05) is 35.5 Å². The Bertz CT molecular complexity index is 752. The first kappa shape index (κ1) is 17.0. The maximum Gasteiger partial charge on any atom is 0.410 e. The first-order chi connectivity index (χ1) is 12.0. The Kier molecular flexibility index (Phi) is 4.74. The summed E-state index contributed by atoms with van der Waals surface area (Å²) in [5.41, 5.74) is 2.61. The van der Waals surface area contributed by atoms with E-state index in [0.29, 0.717) is 12.3 Å². The van der Waals surface area contributed by atoms with Crippen LogP contribution in [-0.4, -0.2) is 47.2 Å². The minimum atomic E-state index is -0.465. The standard InChI is InChI=1S/C18H21N3O4/c1-12-15(13(2)25-19-12)9-20(3)17(22)10-21-16(11-24-18(21)23)14-7-5-4-6-8-14/h4-8,16H,9-11H2,1-3H3/t16-/m1/s1. The van der Waals surface area contributed by atoms with Crippen LogP contribution in [0.1, 0.15) is 28.6 Å². The van der Waals surface area contributed by atoms with Gasteiger partial charge in [0.15, 0.2) is 0 Å². The summed E-state index contributed by atoms with van der Waals surface area (Å²) in [6, 6.07) is 9.33. The van der Waals surface area contributed by atoms with Crippen LogP contribution >= 0.6 is 0 Å². The predicted molar refractivity (Wildman–Crippen MR) is 89.7 cm³/mol. The molecule has 0 saturated carbocycles. The summed E-state index contributed by atoms with van der Waals surface area (Å²) >= 11 is 0. The van der Waals surface area contributed by atoms with Crippen molar-refractivity contribution in [3.8, 4) is 0 Å². The molecule has 0 N–H and O–H groups in total. The minimum Gasteiger partial charge on any atom is -0.447 e. The second kappa shape index (κ2) is 6.96. The molecule has 1 atom stereocenters. The number of ether oxygens (including phenoxy) is 1. The molecule has 3 rings (SSSR count). The van der Waals surface area contributed by atoms with Crippen LogP contribution in [0, 0.1) is 13.8 Å². The Labute approximate surface area is 146 Å². The molecule has 1 aliphatic rings. The van der Waals surface area contributed by atoms with Gasteiger partial charge in [-0.05, 0) is 19.4 Å². The zero-order valence-electron chi connectivity index (χ0n) is 14.6. The summed E-state index contributed by atoms with van der Waals surface area (Å²) in [6.45, 7) is 4.27. The molecule has 7 nitrogen and oxygen atoms in total. The van der Waals surface area contributed by atoms with Crippen molar-refractivity contribution in [3.05, 3.63) is 52.9 Å². The molecule has 1 saturated heterocycles. The van der Waals surface area contributed by atoms with Crippen molar-refractivity contribution in [2.75, 3.05) is 20.2 Å². The van der Waals surface area contributed by atoms with Crippen LogP contribution in [0.25, 0.3) is 0 Å². The number of aromatic nitrogens is 1. The maximum atomic E-state index is 12.6. The number of cyclic esters (lactones) is 1. The van der Waals surface area contributed by atoms with Crippen LogP contribution in [0.5, 0.6) is 0 Å². The number of amides is 2. The average molecular weight is 343 g/mol. The lowest BCUT2D eigenvalue weighted by atomic mass is 10.1. The lowest BCUT2D eigenvalue weighted by molar-refractivity contribution is -0.131. The molecule has 0 spiro atoms. The average Bonchev–Trinajstić information content (AvgIpc) is 3.13. The molecule has 0 radical (unpaired) electrons. The van der Waals surface area contributed by atoms with E-state index in [1.165, 1.54) is 4.90 Å². The molecular formula is C18H21N3O4. The zero-order chi connectivity index (χ0) is 18.0. The highest BCUT2D eigenvalue weighted by atomic mass is 16.6. The quantitative estimate of drug-likeness (QED) is 0.833. The lowest BCUT2D eigenvalue weighted by Gasteiger charge is -2.24. The van der Waals surface area contributed by atoms with Crippen molar-refractivity contribution in [2.24, 2.45) is 0 Å². The number of likely N-dealkylation sites (N-methyl/N-ethyl adjacent to an activating group) is 1. The van der Waals surface area contributed by atoms with Gasteiger partial charge in [0.25, 0.3) is 0 Å². The zero-order valence-corrected chi connectivity index (χ0v) is 14.6. The van der Waals surface area contributed by atoms with E-state index in [9.17, 15) is 9.59 Å². The number of carbonyl (C=O) groups is 2. The van der Waals surface area contributed by atoms with Gasteiger partial charge < -0.3 is 14.2 Å². The molecular weight excluding hydrogens is 322 g/mol. The van der Waals surface area contributed by atoms with Gasteiger partial charge in [-0.15, -0.1) is 0 Å². The van der Waals surface area contributed by atoms with Crippen molar-refractivity contribution >= 4 is 12.0 Å². The van der Waals surface area contributed by atoms with Crippen LogP contribution in [0.3, 0.4) is 0 Å². The molecule has 1 aliphatic heterocycles. The summed E-state index contributed by atoms with van der Waals surface area (Å²) < 4.78 is 10.3. The minimum absolute atomic E-state index is 0.0295. The van der Waals surface area contributed by atoms with E-state index in [1.54, 1.807) is 11.9 Å². The third kappa shape index (κ3) is 3.50. The first-order valence-electron chi connectivity index (χ1n) is 8.11. The number of aryl methyl sites for hydroxylation is 2. The van der Waals surface area contributed by atoms with Gasteiger partial charge in [-0.3, -0.25) is 9.69 Å². The van der Waals surface area contributed by atoms with Crippen molar-refractivity contribution in [3.63, 3.8) is 0 Å². The van der Waals surface area contributed by atoms with Gasteiger partial charge in [0.05, 0.1) is 18.3 Å². The summed E-state index contributed by atoms with van der Waals surface area (Å²) in [5.74, 6) is 0.527. The highest BCUT2D eigenvalue weighted by molar-refractivity contribution is 5.83. The lowest BCUT2D eigenvalue weighted by Crippen LogP contribution is -2.39. The fourth-order valence-corrected chi connectivity index (χ4v) is 2.90. The summed E-state index contributed by atoms with van der Waals surface area (Å²) in [5, 5.41) is 3.90. The SMILES string of the molecule is Cc1noc(C)c1CN(C)C(=O)CN1C(=O)OC[C@@H]1c1ccccc1. The van der Waals surface area contributed by atoms with Gasteiger partial charge in [0, 0.05) is 12.6 Å². The predicted octanol–water partition coefficient (Wildman–Crippen LogP) is 2.44. The van der Waals surface area contributed by atoms with Crippen LogP contribution in [0.15, 0.2) is 34.9 Å². The third-order valence-electron chi connectivity index (χ3n) is 4.47. The topological polar surface area (TPSA) is 75.9 Å². The summed E-state index contributed by atoms with van der Waals surface area (Å²) in [6.07, 6.45) is -0.465. The van der Waals surface area contributed by atoms with E-state index in [2.05, 4.69) is 5.16 Å². The van der Waals surface area contributed by atoms with Gasteiger partial charge >= 0.3 is 6.09 Å². The fourth-order valence-electron chi connectivity index (χ4n) is 2.90. The van der Waals surface area contributed by atoms with Crippen LogP contribution in [0.2, 0.25) is 0 Å². The van der Waals surface area contributed by atoms with E-state index in [-0.39, 0.29) is 25.1 Å². The largest absolute Gasteiger partial charge is 0.447 e. The number of rotatable bonds is 5. The number of hydrogen-bond acceptors (Lipinski definition) is 5. The molecule has 2 heterocycles. The molecule has 1 aromatic carbocycles. The smallest absolute Gasteiger partial charge is 0.410 e. The number of benzene rings is 1. The molecule has 132 valence electrons. The van der Waals surface area contributed by atoms with Gasteiger partial charge in [-0.25, -0.2) is 4.79 Å². The third-order valence-corrected chi connectivity index (χ3v) is 4.47. The van der Waals surface area contributed by atoms with Crippen LogP contribution in [-0.2, 0) is 16.1 Å². The van der Waals surface area contributed by atoms with Crippen molar-refractivity contribution in [1.82, 2.24) is 15.0 Å². The van der Waals surface area contributed by atoms with E-state index in [1.807, 2.05) is 44.2 Å². The monoisotopic (exact) mass is 343 g/mol. The van der Waals surface area contributed by atoms with E-state index in [4.69, 9.17) is 9.26 Å². The number of nitrogens with zero attached hydrogens (tertiary/aromatic N) is 3. The highest BCUT2D eigenvalue weighted by Gasteiger charge is 2.36. The Morgan fingerprint density at radius 1 is 1.32 bits per heavy atom. The molecule has 2 amide bonds. The van der Waals surface area contributed by atoms with E-state index in [0.717, 1.165) is 16.8 Å². The molecule has 1 aromatic heterocycles. The normalized spacial score (nSPS) is 16.8. The molecule has 7 heteroatoms. The molecule has 1 fully saturated rings. The highest BCUT2D eigenvalue weighted by Crippen LogP contribution is 2.27. The summed E-state index contributed by atoms with van der Waals surface area (Å²) in [4.78, 5) is 27.7. The van der Waals surface area contributed by atoms with Crippen LogP contribution in [0.4, 0.5) is 4.79 Å². The van der Waals surface area contributed by atoms with Crippen molar-refractivity contribution < 1.29 is 18.8 Å². The Hall–Kier alpha value is -2.83. The number of hydrogen-bond donors (Lipinski definition) is 0. The Morgan fingerprint density at radius 3 is 2.68 bits per heavy atom. The Balaban J connectivity index is 1.69. The fraction of sp³-hybridized carbons (Fsp3) is 0.389. The molecule has 0 unspecified atom stereocenters. The van der Waals surface area contributed by atoms with E-state index >= 15 is 0 Å². The van der Waals surface area contributed by atoms with Crippen molar-refractivity contribution in [1.29, 1.82) is 0 Å².